The van der Waals surface area contributed by atoms with E-state index in [1.807, 2.05) is 6.26 Å². The number of benzene rings is 2. The molecule has 28 heavy (non-hydrogen) atoms. The SMILES string of the molecule is CSc1ncc(C(=O)N(C)C(C)c2ccc(F)c(F)c2)n1-c1ccc(F)cc1. The summed E-state index contributed by atoms with van der Waals surface area (Å²) < 4.78 is 41.7. The highest BCUT2D eigenvalue weighted by Crippen LogP contribution is 2.26. The van der Waals surface area contributed by atoms with Gasteiger partial charge in [0.1, 0.15) is 11.5 Å². The molecule has 8 heteroatoms. The molecular weight excluding hydrogens is 387 g/mol. The van der Waals surface area contributed by atoms with E-state index in [1.165, 1.54) is 41.1 Å². The van der Waals surface area contributed by atoms with Crippen LogP contribution in [0.4, 0.5) is 13.2 Å². The molecule has 3 rings (SSSR count). The minimum atomic E-state index is -0.966. The maximum atomic E-state index is 13.6. The molecule has 2 aromatic carbocycles. The van der Waals surface area contributed by atoms with Gasteiger partial charge in [-0.2, -0.15) is 0 Å². The van der Waals surface area contributed by atoms with E-state index in [-0.39, 0.29) is 17.4 Å². The van der Waals surface area contributed by atoms with Crippen LogP contribution in [0.15, 0.2) is 53.8 Å². The summed E-state index contributed by atoms with van der Waals surface area (Å²) >= 11 is 1.35. The van der Waals surface area contributed by atoms with Crippen LogP contribution in [-0.4, -0.2) is 33.7 Å². The fourth-order valence-corrected chi connectivity index (χ4v) is 3.37. The number of nitrogens with zero attached hydrogens (tertiary/aromatic N) is 3. The first kappa shape index (κ1) is 20.0. The highest BCUT2D eigenvalue weighted by Gasteiger charge is 2.25. The molecule has 1 unspecified atom stereocenters. The van der Waals surface area contributed by atoms with Crippen LogP contribution in [0, 0.1) is 17.5 Å². The fraction of sp³-hybridized carbons (Fsp3) is 0.200. The molecule has 0 N–H and O–H groups in total. The number of amides is 1. The van der Waals surface area contributed by atoms with Crippen LogP contribution >= 0.6 is 11.8 Å². The first-order valence-electron chi connectivity index (χ1n) is 8.43. The van der Waals surface area contributed by atoms with Gasteiger partial charge in [-0.05, 0) is 55.1 Å². The Morgan fingerprint density at radius 3 is 2.39 bits per heavy atom. The average Bonchev–Trinajstić information content (AvgIpc) is 3.13. The molecule has 0 fully saturated rings. The molecule has 0 aliphatic carbocycles. The van der Waals surface area contributed by atoms with Crippen molar-refractivity contribution < 1.29 is 18.0 Å². The van der Waals surface area contributed by atoms with Gasteiger partial charge in [0.25, 0.3) is 5.91 Å². The topological polar surface area (TPSA) is 38.1 Å². The quantitative estimate of drug-likeness (QED) is 0.570. The largest absolute Gasteiger partial charge is 0.334 e. The second-order valence-electron chi connectivity index (χ2n) is 6.21. The first-order chi connectivity index (χ1) is 13.3. The monoisotopic (exact) mass is 405 g/mol. The molecule has 1 atom stereocenters. The van der Waals surface area contributed by atoms with Crippen molar-refractivity contribution in [1.29, 1.82) is 0 Å². The van der Waals surface area contributed by atoms with Crippen LogP contribution < -0.4 is 0 Å². The lowest BCUT2D eigenvalue weighted by molar-refractivity contribution is 0.0733. The van der Waals surface area contributed by atoms with E-state index < -0.39 is 17.7 Å². The molecule has 1 aromatic heterocycles. The zero-order valence-electron chi connectivity index (χ0n) is 15.5. The van der Waals surface area contributed by atoms with E-state index in [0.717, 1.165) is 12.1 Å². The van der Waals surface area contributed by atoms with Gasteiger partial charge in [-0.1, -0.05) is 17.8 Å². The molecule has 0 spiro atoms. The summed E-state index contributed by atoms with van der Waals surface area (Å²) in [4.78, 5) is 18.8. The number of carbonyl (C=O) groups is 1. The van der Waals surface area contributed by atoms with Crippen molar-refractivity contribution in [2.75, 3.05) is 13.3 Å². The predicted octanol–water partition coefficient (Wildman–Crippen LogP) is 4.84. The van der Waals surface area contributed by atoms with Gasteiger partial charge in [0.15, 0.2) is 16.8 Å². The number of hydrogen-bond donors (Lipinski definition) is 0. The summed E-state index contributed by atoms with van der Waals surface area (Å²) in [5, 5.41) is 0.573. The maximum absolute atomic E-state index is 13.6. The summed E-state index contributed by atoms with van der Waals surface area (Å²) in [6, 6.07) is 8.79. The Hall–Kier alpha value is -2.74. The van der Waals surface area contributed by atoms with Crippen molar-refractivity contribution in [1.82, 2.24) is 14.5 Å². The molecular formula is C20H18F3N3OS. The van der Waals surface area contributed by atoms with Crippen LogP contribution in [-0.2, 0) is 0 Å². The molecule has 0 bridgehead atoms. The molecule has 3 aromatic rings. The van der Waals surface area contributed by atoms with Crippen molar-refractivity contribution in [3.8, 4) is 5.69 Å². The lowest BCUT2D eigenvalue weighted by Gasteiger charge is -2.26. The predicted molar refractivity (Wildman–Crippen MR) is 102 cm³/mol. The Morgan fingerprint density at radius 2 is 1.79 bits per heavy atom. The number of rotatable bonds is 5. The Labute approximate surface area is 165 Å². The van der Waals surface area contributed by atoms with E-state index in [4.69, 9.17) is 0 Å². The van der Waals surface area contributed by atoms with E-state index in [2.05, 4.69) is 4.98 Å². The number of carbonyl (C=O) groups excluding carboxylic acids is 1. The normalized spacial score (nSPS) is 12.1. The van der Waals surface area contributed by atoms with Gasteiger partial charge >= 0.3 is 0 Å². The summed E-state index contributed by atoms with van der Waals surface area (Å²) in [7, 11) is 1.58. The van der Waals surface area contributed by atoms with Crippen LogP contribution in [0.3, 0.4) is 0 Å². The molecule has 1 heterocycles. The number of aromatic nitrogens is 2. The van der Waals surface area contributed by atoms with E-state index >= 15 is 0 Å². The van der Waals surface area contributed by atoms with Gasteiger partial charge in [0.05, 0.1) is 12.2 Å². The summed E-state index contributed by atoms with van der Waals surface area (Å²) in [6.07, 6.45) is 3.27. The Kier molecular flexibility index (Phi) is 5.79. The van der Waals surface area contributed by atoms with E-state index in [9.17, 15) is 18.0 Å². The number of halogens is 3. The third-order valence-electron chi connectivity index (χ3n) is 4.54. The van der Waals surface area contributed by atoms with Gasteiger partial charge in [-0.3, -0.25) is 9.36 Å². The average molecular weight is 405 g/mol. The Morgan fingerprint density at radius 1 is 1.11 bits per heavy atom. The molecule has 146 valence electrons. The first-order valence-corrected chi connectivity index (χ1v) is 9.65. The highest BCUT2D eigenvalue weighted by atomic mass is 32.2. The molecule has 0 radical (unpaired) electrons. The summed E-state index contributed by atoms with van der Waals surface area (Å²) in [6.45, 7) is 1.72. The van der Waals surface area contributed by atoms with Gasteiger partial charge in [0, 0.05) is 12.7 Å². The van der Waals surface area contributed by atoms with Crippen LogP contribution in [0.2, 0.25) is 0 Å². The molecule has 1 amide bonds. The molecule has 0 aliphatic heterocycles. The van der Waals surface area contributed by atoms with Gasteiger partial charge in [-0.25, -0.2) is 18.2 Å². The molecule has 0 saturated carbocycles. The van der Waals surface area contributed by atoms with Gasteiger partial charge in [0.2, 0.25) is 0 Å². The third kappa shape index (κ3) is 3.77. The highest BCUT2D eigenvalue weighted by molar-refractivity contribution is 7.98. The third-order valence-corrected chi connectivity index (χ3v) is 5.20. The van der Waals surface area contributed by atoms with Crippen molar-refractivity contribution in [3.05, 3.63) is 77.4 Å². The summed E-state index contributed by atoms with van der Waals surface area (Å²) in [5.41, 5.74) is 1.35. The van der Waals surface area contributed by atoms with Gasteiger partial charge in [-0.15, -0.1) is 0 Å². The lowest BCUT2D eigenvalue weighted by atomic mass is 10.1. The number of hydrogen-bond acceptors (Lipinski definition) is 3. The van der Waals surface area contributed by atoms with E-state index in [0.29, 0.717) is 16.4 Å². The smallest absolute Gasteiger partial charge is 0.272 e. The van der Waals surface area contributed by atoms with Crippen molar-refractivity contribution in [3.63, 3.8) is 0 Å². The zero-order valence-corrected chi connectivity index (χ0v) is 16.3. The summed E-state index contributed by atoms with van der Waals surface area (Å²) in [5.74, 6) is -2.64. The van der Waals surface area contributed by atoms with Crippen LogP contribution in [0.5, 0.6) is 0 Å². The number of imidazole rings is 1. The maximum Gasteiger partial charge on any atom is 0.272 e. The Balaban J connectivity index is 1.96. The van der Waals surface area contributed by atoms with Crippen molar-refractivity contribution in [2.24, 2.45) is 0 Å². The number of thioether (sulfide) groups is 1. The van der Waals surface area contributed by atoms with Crippen molar-refractivity contribution >= 4 is 17.7 Å². The lowest BCUT2D eigenvalue weighted by Crippen LogP contribution is -2.31. The van der Waals surface area contributed by atoms with E-state index in [1.54, 1.807) is 30.7 Å². The zero-order chi connectivity index (χ0) is 20.4. The molecule has 0 saturated heterocycles. The Bertz CT molecular complexity index is 1000. The standard InChI is InChI=1S/C20H18F3N3OS/c1-12(13-4-9-16(22)17(23)10-13)25(2)19(27)18-11-24-20(28-3)26(18)15-7-5-14(21)6-8-15/h4-12H,1-3H3. The molecule has 4 nitrogen and oxygen atoms in total. The fourth-order valence-electron chi connectivity index (χ4n) is 2.82. The molecule has 0 aliphatic rings. The van der Waals surface area contributed by atoms with Gasteiger partial charge < -0.3 is 4.90 Å². The van der Waals surface area contributed by atoms with Crippen LogP contribution in [0.25, 0.3) is 5.69 Å². The minimum absolute atomic E-state index is 0.285. The second kappa shape index (κ2) is 8.10. The minimum Gasteiger partial charge on any atom is -0.334 e. The second-order valence-corrected chi connectivity index (χ2v) is 6.98. The van der Waals surface area contributed by atoms with Crippen molar-refractivity contribution in [2.45, 2.75) is 18.1 Å². The van der Waals surface area contributed by atoms with Crippen LogP contribution in [0.1, 0.15) is 29.0 Å².